The summed E-state index contributed by atoms with van der Waals surface area (Å²) in [6.45, 7) is 4.23. The van der Waals surface area contributed by atoms with Crippen molar-refractivity contribution >= 4 is 5.69 Å². The van der Waals surface area contributed by atoms with E-state index in [1.807, 2.05) is 13.8 Å². The molecule has 0 atom stereocenters. The van der Waals surface area contributed by atoms with Gasteiger partial charge < -0.3 is 5.11 Å². The summed E-state index contributed by atoms with van der Waals surface area (Å²) in [4.78, 5) is 0. The molecule has 66 valence electrons. The number of phenolic OH excluding ortho intramolecular Hbond substituents is 1. The Hall–Kier alpha value is -1.22. The first-order valence-electron chi connectivity index (χ1n) is 3.91. The molecule has 0 amide bonds. The third-order valence-electron chi connectivity index (χ3n) is 1.76. The summed E-state index contributed by atoms with van der Waals surface area (Å²) < 4.78 is 0. The fraction of sp³-hybridized carbons (Fsp3) is 0.333. The molecule has 0 aromatic heterocycles. The summed E-state index contributed by atoms with van der Waals surface area (Å²) in [5.74, 6) is 0.223. The van der Waals surface area contributed by atoms with Crippen LogP contribution in [0.4, 0.5) is 5.69 Å². The predicted molar refractivity (Wildman–Crippen MR) is 47.7 cm³/mol. The normalized spacial score (nSPS) is 9.92. The maximum Gasteiger partial charge on any atom is 0.115 e. The summed E-state index contributed by atoms with van der Waals surface area (Å²) in [5.41, 5.74) is 1.59. The molecular formula is C9H13NO2. The lowest BCUT2D eigenvalue weighted by Gasteiger charge is -2.16. The number of hydrogen-bond donors (Lipinski definition) is 2. The number of hydroxylamine groups is 1. The molecule has 0 heterocycles. The zero-order chi connectivity index (χ0) is 9.14. The first-order valence-corrected chi connectivity index (χ1v) is 3.91. The van der Waals surface area contributed by atoms with E-state index < -0.39 is 0 Å². The molecule has 0 saturated carbocycles. The van der Waals surface area contributed by atoms with Crippen LogP contribution in [0.1, 0.15) is 12.5 Å². The summed E-state index contributed by atoms with van der Waals surface area (Å²) in [5, 5.41) is 19.6. The minimum Gasteiger partial charge on any atom is -0.508 e. The number of hydrogen-bond acceptors (Lipinski definition) is 3. The molecule has 0 radical (unpaired) electrons. The predicted octanol–water partition coefficient (Wildman–Crippen LogP) is 1.92. The highest BCUT2D eigenvalue weighted by atomic mass is 16.5. The molecule has 1 aromatic rings. The van der Waals surface area contributed by atoms with Crippen LogP contribution in [0.3, 0.4) is 0 Å². The van der Waals surface area contributed by atoms with Gasteiger partial charge in [-0.15, -0.1) is 0 Å². The van der Waals surface area contributed by atoms with Crippen molar-refractivity contribution in [1.82, 2.24) is 0 Å². The third kappa shape index (κ3) is 1.68. The van der Waals surface area contributed by atoms with Gasteiger partial charge in [-0.25, -0.2) is 0 Å². The van der Waals surface area contributed by atoms with Crippen molar-refractivity contribution in [3.63, 3.8) is 0 Å². The topological polar surface area (TPSA) is 43.7 Å². The Morgan fingerprint density at radius 2 is 2.08 bits per heavy atom. The van der Waals surface area contributed by atoms with E-state index in [4.69, 9.17) is 5.11 Å². The van der Waals surface area contributed by atoms with Crippen molar-refractivity contribution in [1.29, 1.82) is 0 Å². The molecule has 0 unspecified atom stereocenters. The second-order valence-electron chi connectivity index (χ2n) is 2.69. The Bertz CT molecular complexity index is 273. The van der Waals surface area contributed by atoms with Crippen molar-refractivity contribution in [3.05, 3.63) is 23.8 Å². The molecule has 2 N–H and O–H groups in total. The van der Waals surface area contributed by atoms with E-state index in [-0.39, 0.29) is 5.75 Å². The second-order valence-corrected chi connectivity index (χ2v) is 2.69. The van der Waals surface area contributed by atoms with Crippen LogP contribution in [0.5, 0.6) is 5.75 Å². The lowest BCUT2D eigenvalue weighted by Crippen LogP contribution is -2.17. The molecule has 0 bridgehead atoms. The van der Waals surface area contributed by atoms with Crippen LogP contribution in [-0.2, 0) is 0 Å². The van der Waals surface area contributed by atoms with Crippen LogP contribution in [0, 0.1) is 6.92 Å². The lowest BCUT2D eigenvalue weighted by atomic mass is 10.2. The fourth-order valence-corrected chi connectivity index (χ4v) is 1.10. The van der Waals surface area contributed by atoms with Crippen LogP contribution in [0.25, 0.3) is 0 Å². The molecule has 0 aliphatic rings. The zero-order valence-electron chi connectivity index (χ0n) is 7.28. The third-order valence-corrected chi connectivity index (χ3v) is 1.76. The monoisotopic (exact) mass is 167 g/mol. The van der Waals surface area contributed by atoms with Gasteiger partial charge in [0.1, 0.15) is 5.75 Å². The Kier molecular flexibility index (Phi) is 2.55. The highest BCUT2D eigenvalue weighted by Crippen LogP contribution is 2.22. The van der Waals surface area contributed by atoms with E-state index in [0.717, 1.165) is 16.3 Å². The lowest BCUT2D eigenvalue weighted by molar-refractivity contribution is 0.259. The Morgan fingerprint density at radius 1 is 1.42 bits per heavy atom. The number of aryl methyl sites for hydroxylation is 1. The Labute approximate surface area is 71.8 Å². The van der Waals surface area contributed by atoms with E-state index in [1.165, 1.54) is 0 Å². The average Bonchev–Trinajstić information content (AvgIpc) is 2.03. The van der Waals surface area contributed by atoms with E-state index in [2.05, 4.69) is 0 Å². The zero-order valence-corrected chi connectivity index (χ0v) is 7.28. The Morgan fingerprint density at radius 3 is 2.58 bits per heavy atom. The molecular weight excluding hydrogens is 154 g/mol. The molecule has 3 heteroatoms. The van der Waals surface area contributed by atoms with E-state index in [1.54, 1.807) is 18.2 Å². The highest BCUT2D eigenvalue weighted by molar-refractivity contribution is 5.53. The quantitative estimate of drug-likeness (QED) is 0.661. The SMILES string of the molecule is CCN(O)c1ccc(O)cc1C. The van der Waals surface area contributed by atoms with Crippen LogP contribution >= 0.6 is 0 Å². The van der Waals surface area contributed by atoms with Crippen LogP contribution in [0.2, 0.25) is 0 Å². The van der Waals surface area contributed by atoms with Crippen molar-refractivity contribution in [2.45, 2.75) is 13.8 Å². The summed E-state index contributed by atoms with van der Waals surface area (Å²) in [7, 11) is 0. The molecule has 3 nitrogen and oxygen atoms in total. The maximum atomic E-state index is 9.35. The molecule has 0 saturated heterocycles. The molecule has 0 aliphatic heterocycles. The van der Waals surface area contributed by atoms with Gasteiger partial charge in [0, 0.05) is 6.54 Å². The van der Waals surface area contributed by atoms with Gasteiger partial charge in [0.05, 0.1) is 5.69 Å². The number of benzene rings is 1. The smallest absolute Gasteiger partial charge is 0.115 e. The number of rotatable bonds is 2. The van der Waals surface area contributed by atoms with Gasteiger partial charge in [0.15, 0.2) is 0 Å². The van der Waals surface area contributed by atoms with Crippen LogP contribution in [-0.4, -0.2) is 16.9 Å². The molecule has 1 rings (SSSR count). The van der Waals surface area contributed by atoms with Gasteiger partial charge in [0.25, 0.3) is 0 Å². The average molecular weight is 167 g/mol. The number of phenols is 1. The molecule has 0 fully saturated rings. The van der Waals surface area contributed by atoms with Gasteiger partial charge >= 0.3 is 0 Å². The van der Waals surface area contributed by atoms with Gasteiger partial charge in [-0.3, -0.25) is 10.3 Å². The maximum absolute atomic E-state index is 9.35. The molecule has 1 aromatic carbocycles. The summed E-state index contributed by atoms with van der Waals surface area (Å²) in [6, 6.07) is 4.86. The molecule has 0 spiro atoms. The van der Waals surface area contributed by atoms with Crippen molar-refractivity contribution < 1.29 is 10.3 Å². The van der Waals surface area contributed by atoms with E-state index >= 15 is 0 Å². The first kappa shape index (κ1) is 8.87. The standard InChI is InChI=1S/C9H13NO2/c1-3-10(12)9-5-4-8(11)6-7(9)2/h4-6,11-12H,3H2,1-2H3. The van der Waals surface area contributed by atoms with Crippen molar-refractivity contribution in [2.75, 3.05) is 11.6 Å². The van der Waals surface area contributed by atoms with E-state index in [0.29, 0.717) is 6.54 Å². The Balaban J connectivity index is 3.01. The molecule has 12 heavy (non-hydrogen) atoms. The summed E-state index contributed by atoms with van der Waals surface area (Å²) >= 11 is 0. The summed E-state index contributed by atoms with van der Waals surface area (Å²) in [6.07, 6.45) is 0. The first-order chi connectivity index (χ1) is 5.65. The number of nitrogens with zero attached hydrogens (tertiary/aromatic N) is 1. The minimum atomic E-state index is 0.223. The van der Waals surface area contributed by atoms with Gasteiger partial charge in [-0.05, 0) is 37.6 Å². The second kappa shape index (κ2) is 3.45. The van der Waals surface area contributed by atoms with Gasteiger partial charge in [-0.1, -0.05) is 0 Å². The fourth-order valence-electron chi connectivity index (χ4n) is 1.10. The largest absolute Gasteiger partial charge is 0.508 e. The van der Waals surface area contributed by atoms with Crippen molar-refractivity contribution in [2.24, 2.45) is 0 Å². The van der Waals surface area contributed by atoms with Gasteiger partial charge in [0.2, 0.25) is 0 Å². The number of aromatic hydroxyl groups is 1. The number of anilines is 1. The van der Waals surface area contributed by atoms with Crippen molar-refractivity contribution in [3.8, 4) is 5.75 Å². The van der Waals surface area contributed by atoms with E-state index in [9.17, 15) is 5.21 Å². The van der Waals surface area contributed by atoms with Gasteiger partial charge in [-0.2, -0.15) is 0 Å². The highest BCUT2D eigenvalue weighted by Gasteiger charge is 2.03. The molecule has 0 aliphatic carbocycles. The minimum absolute atomic E-state index is 0.223. The van der Waals surface area contributed by atoms with Crippen LogP contribution in [0.15, 0.2) is 18.2 Å². The van der Waals surface area contributed by atoms with Crippen LogP contribution < -0.4 is 5.06 Å².